The summed E-state index contributed by atoms with van der Waals surface area (Å²) in [5.41, 5.74) is 4.16. The molecule has 0 aliphatic carbocycles. The van der Waals surface area contributed by atoms with Crippen LogP contribution in [0.2, 0.25) is 5.02 Å². The van der Waals surface area contributed by atoms with Gasteiger partial charge < -0.3 is 4.57 Å². The summed E-state index contributed by atoms with van der Waals surface area (Å²) in [6.07, 6.45) is 0. The van der Waals surface area contributed by atoms with E-state index in [1.807, 2.05) is 41.8 Å². The number of hydrogen-bond donors (Lipinski definition) is 0. The number of aryl methyl sites for hydroxylation is 1. The lowest BCUT2D eigenvalue weighted by molar-refractivity contribution is 0.0998. The zero-order chi connectivity index (χ0) is 16.7. The van der Waals surface area contributed by atoms with Crippen molar-refractivity contribution in [1.82, 2.24) is 9.55 Å². The number of nitrogens with zero attached hydrogens (tertiary/aromatic N) is 3. The van der Waals surface area contributed by atoms with Crippen molar-refractivity contribution < 1.29 is 4.79 Å². The number of benzene rings is 2. The van der Waals surface area contributed by atoms with Crippen LogP contribution in [0.15, 0.2) is 46.9 Å². The Kier molecular flexibility index (Phi) is 3.96. The SMILES string of the molecule is CCn1c(=NC(=O)c2ccc3ncsc3c2)sc2cccc(Cl)c21. The molecule has 1 amide bonds. The molecule has 0 saturated heterocycles. The van der Waals surface area contributed by atoms with E-state index in [-0.39, 0.29) is 5.91 Å². The Morgan fingerprint density at radius 2 is 2.17 bits per heavy atom. The second-order valence-electron chi connectivity index (χ2n) is 5.17. The smallest absolute Gasteiger partial charge is 0.279 e. The lowest BCUT2D eigenvalue weighted by atomic mass is 10.2. The van der Waals surface area contributed by atoms with E-state index < -0.39 is 0 Å². The molecule has 0 atom stereocenters. The Balaban J connectivity index is 1.86. The molecule has 2 heterocycles. The average molecular weight is 374 g/mol. The van der Waals surface area contributed by atoms with Crippen molar-refractivity contribution in [2.24, 2.45) is 4.99 Å². The van der Waals surface area contributed by atoms with Gasteiger partial charge in [0.15, 0.2) is 4.80 Å². The number of aromatic nitrogens is 2. The van der Waals surface area contributed by atoms with E-state index in [0.29, 0.717) is 21.9 Å². The molecule has 0 N–H and O–H groups in total. The van der Waals surface area contributed by atoms with E-state index in [2.05, 4.69) is 9.98 Å². The van der Waals surface area contributed by atoms with Crippen molar-refractivity contribution >= 4 is 60.6 Å². The van der Waals surface area contributed by atoms with E-state index >= 15 is 0 Å². The van der Waals surface area contributed by atoms with Gasteiger partial charge in [0, 0.05) is 12.1 Å². The maximum atomic E-state index is 12.6. The fourth-order valence-electron chi connectivity index (χ4n) is 2.61. The third kappa shape index (κ3) is 2.56. The molecular formula is C17H12ClN3OS2. The predicted molar refractivity (Wildman–Crippen MR) is 100 cm³/mol. The molecular weight excluding hydrogens is 362 g/mol. The van der Waals surface area contributed by atoms with Gasteiger partial charge in [0.1, 0.15) is 0 Å². The molecule has 0 radical (unpaired) electrons. The zero-order valence-electron chi connectivity index (χ0n) is 12.7. The van der Waals surface area contributed by atoms with Gasteiger partial charge in [0.05, 0.1) is 31.0 Å². The first kappa shape index (κ1) is 15.5. The maximum absolute atomic E-state index is 12.6. The van der Waals surface area contributed by atoms with Gasteiger partial charge in [-0.3, -0.25) is 4.79 Å². The first-order chi connectivity index (χ1) is 11.7. The highest BCUT2D eigenvalue weighted by atomic mass is 35.5. The fraction of sp³-hybridized carbons (Fsp3) is 0.118. The minimum Gasteiger partial charge on any atom is -0.315 e. The van der Waals surface area contributed by atoms with E-state index in [0.717, 1.165) is 20.4 Å². The Morgan fingerprint density at radius 3 is 3.00 bits per heavy atom. The van der Waals surface area contributed by atoms with E-state index in [1.54, 1.807) is 11.6 Å². The molecule has 0 fully saturated rings. The van der Waals surface area contributed by atoms with Crippen molar-refractivity contribution in [3.05, 3.63) is 57.3 Å². The van der Waals surface area contributed by atoms with Gasteiger partial charge in [-0.05, 0) is 37.3 Å². The molecule has 0 aliphatic heterocycles. The lowest BCUT2D eigenvalue weighted by Crippen LogP contribution is -2.16. The van der Waals surface area contributed by atoms with E-state index in [4.69, 9.17) is 11.6 Å². The number of rotatable bonds is 2. The minimum atomic E-state index is -0.254. The zero-order valence-corrected chi connectivity index (χ0v) is 15.1. The highest BCUT2D eigenvalue weighted by Crippen LogP contribution is 2.25. The van der Waals surface area contributed by atoms with Gasteiger partial charge in [-0.1, -0.05) is 29.0 Å². The monoisotopic (exact) mass is 373 g/mol. The highest BCUT2D eigenvalue weighted by Gasteiger charge is 2.11. The van der Waals surface area contributed by atoms with Crippen LogP contribution in [0.1, 0.15) is 17.3 Å². The molecule has 0 saturated carbocycles. The normalized spacial score (nSPS) is 12.3. The van der Waals surface area contributed by atoms with Crippen molar-refractivity contribution in [1.29, 1.82) is 0 Å². The number of carbonyl (C=O) groups is 1. The van der Waals surface area contributed by atoms with Gasteiger partial charge in [-0.25, -0.2) is 4.98 Å². The summed E-state index contributed by atoms with van der Waals surface area (Å²) in [5, 5.41) is 0.672. The van der Waals surface area contributed by atoms with Gasteiger partial charge >= 0.3 is 0 Å². The molecule has 0 aliphatic rings. The molecule has 4 rings (SSSR count). The molecule has 7 heteroatoms. The van der Waals surface area contributed by atoms with Crippen molar-refractivity contribution in [3.63, 3.8) is 0 Å². The molecule has 2 aromatic heterocycles. The third-order valence-corrected chi connectivity index (χ3v) is 5.88. The number of amides is 1. The number of thiazole rings is 2. The summed E-state index contributed by atoms with van der Waals surface area (Å²) >= 11 is 9.30. The number of hydrogen-bond acceptors (Lipinski definition) is 4. The molecule has 4 aromatic rings. The summed E-state index contributed by atoms with van der Waals surface area (Å²) in [6, 6.07) is 11.2. The first-order valence-electron chi connectivity index (χ1n) is 7.37. The first-order valence-corrected chi connectivity index (χ1v) is 9.45. The Bertz CT molecular complexity index is 1140. The average Bonchev–Trinajstić information content (AvgIpc) is 3.18. The van der Waals surface area contributed by atoms with E-state index in [9.17, 15) is 4.79 Å². The van der Waals surface area contributed by atoms with Crippen LogP contribution >= 0.6 is 34.3 Å². The fourth-order valence-corrected chi connectivity index (χ4v) is 4.77. The summed E-state index contributed by atoms with van der Waals surface area (Å²) < 4.78 is 3.98. The summed E-state index contributed by atoms with van der Waals surface area (Å²) in [5.74, 6) is -0.254. The Labute approximate surface area is 150 Å². The van der Waals surface area contributed by atoms with Crippen LogP contribution in [-0.2, 0) is 6.54 Å². The topological polar surface area (TPSA) is 47.2 Å². The largest absolute Gasteiger partial charge is 0.315 e. The predicted octanol–water partition coefficient (Wildman–Crippen LogP) is 4.73. The van der Waals surface area contributed by atoms with Crippen LogP contribution in [0, 0.1) is 0 Å². The standard InChI is InChI=1S/C17H12ClN3OS2/c1-2-21-15-11(18)4-3-5-13(15)24-17(21)20-16(22)10-6-7-12-14(8-10)23-9-19-12/h3-9H,2H2,1H3. The van der Waals surface area contributed by atoms with Crippen LogP contribution in [0.4, 0.5) is 0 Å². The van der Waals surface area contributed by atoms with E-state index in [1.165, 1.54) is 22.7 Å². The van der Waals surface area contributed by atoms with Crippen LogP contribution in [0.25, 0.3) is 20.4 Å². The molecule has 120 valence electrons. The summed E-state index contributed by atoms with van der Waals surface area (Å²) in [4.78, 5) is 21.8. The molecule has 24 heavy (non-hydrogen) atoms. The van der Waals surface area contributed by atoms with Gasteiger partial charge in [0.2, 0.25) is 0 Å². The Morgan fingerprint density at radius 1 is 1.29 bits per heavy atom. The van der Waals surface area contributed by atoms with Gasteiger partial charge in [-0.2, -0.15) is 4.99 Å². The summed E-state index contributed by atoms with van der Waals surface area (Å²) in [6.45, 7) is 2.71. The third-order valence-electron chi connectivity index (χ3n) is 3.74. The minimum absolute atomic E-state index is 0.254. The summed E-state index contributed by atoms with van der Waals surface area (Å²) in [7, 11) is 0. The maximum Gasteiger partial charge on any atom is 0.279 e. The number of para-hydroxylation sites is 1. The van der Waals surface area contributed by atoms with Crippen molar-refractivity contribution in [3.8, 4) is 0 Å². The van der Waals surface area contributed by atoms with Gasteiger partial charge in [0.25, 0.3) is 5.91 Å². The highest BCUT2D eigenvalue weighted by molar-refractivity contribution is 7.17. The number of fused-ring (bicyclic) bond motifs is 2. The number of carbonyl (C=O) groups excluding carboxylic acids is 1. The van der Waals surface area contributed by atoms with Crippen molar-refractivity contribution in [2.45, 2.75) is 13.5 Å². The second-order valence-corrected chi connectivity index (χ2v) is 7.47. The van der Waals surface area contributed by atoms with Gasteiger partial charge in [-0.15, -0.1) is 11.3 Å². The quantitative estimate of drug-likeness (QED) is 0.510. The molecule has 0 spiro atoms. The molecule has 0 bridgehead atoms. The Hall–Kier alpha value is -2.02. The number of halogens is 1. The van der Waals surface area contributed by atoms with Crippen LogP contribution in [-0.4, -0.2) is 15.5 Å². The molecule has 0 unspecified atom stereocenters. The van der Waals surface area contributed by atoms with Crippen LogP contribution < -0.4 is 4.80 Å². The van der Waals surface area contributed by atoms with Crippen molar-refractivity contribution in [2.75, 3.05) is 0 Å². The van der Waals surface area contributed by atoms with Crippen LogP contribution in [0.5, 0.6) is 0 Å². The van der Waals surface area contributed by atoms with Crippen LogP contribution in [0.3, 0.4) is 0 Å². The molecule has 2 aromatic carbocycles. The second kappa shape index (κ2) is 6.12. The lowest BCUT2D eigenvalue weighted by Gasteiger charge is -2.02. The molecule has 4 nitrogen and oxygen atoms in total.